The Morgan fingerprint density at radius 2 is 1.06 bits per heavy atom. The molecule has 92 valence electrons. The maximum Gasteiger partial charge on any atom is 0.182 e. The van der Waals surface area contributed by atoms with E-state index in [1.165, 1.54) is 0 Å². The van der Waals surface area contributed by atoms with E-state index in [9.17, 15) is 0 Å². The van der Waals surface area contributed by atoms with Crippen LogP contribution in [0.3, 0.4) is 0 Å². The lowest BCUT2D eigenvalue weighted by molar-refractivity contribution is -0.617. The maximum atomic E-state index is 6.10. The fraction of sp³-hybridized carbons (Fsp3) is 1.00. The zero-order valence-electron chi connectivity index (χ0n) is 10.8. The number of hydrogen-bond donors (Lipinski definition) is 0. The average molecular weight is 228 g/mol. The summed E-state index contributed by atoms with van der Waals surface area (Å²) >= 11 is 0. The lowest BCUT2D eigenvalue weighted by Gasteiger charge is -2.70. The van der Waals surface area contributed by atoms with Crippen molar-refractivity contribution in [3.8, 4) is 0 Å². The third-order valence-electron chi connectivity index (χ3n) is 4.82. The SMILES string of the molecule is CC12OC3OC(OC(C)(O1)C3(C)C)C2(C)C. The Morgan fingerprint density at radius 1 is 0.688 bits per heavy atom. The van der Waals surface area contributed by atoms with E-state index in [1.807, 2.05) is 41.5 Å². The van der Waals surface area contributed by atoms with Gasteiger partial charge in [-0.25, -0.2) is 0 Å². The van der Waals surface area contributed by atoms with Crippen LogP contribution in [0.1, 0.15) is 41.5 Å². The Balaban J connectivity index is 2.11. The highest BCUT2D eigenvalue weighted by atomic mass is 16.9. The van der Waals surface area contributed by atoms with Crippen LogP contribution in [0.2, 0.25) is 0 Å². The fourth-order valence-corrected chi connectivity index (χ4v) is 2.63. The first-order valence-corrected chi connectivity index (χ1v) is 5.84. The van der Waals surface area contributed by atoms with Crippen LogP contribution in [0.15, 0.2) is 0 Å². The van der Waals surface area contributed by atoms with Gasteiger partial charge in [-0.15, -0.1) is 0 Å². The van der Waals surface area contributed by atoms with Crippen molar-refractivity contribution in [2.45, 2.75) is 65.7 Å². The standard InChI is InChI=1S/C12H20O4/c1-9(2)7-13-8-10(3,4)12(6,14-7)16-11(9,5)15-8/h7-8H,1-6H3. The molecule has 0 spiro atoms. The van der Waals surface area contributed by atoms with Crippen LogP contribution in [0, 0.1) is 10.8 Å². The number of ether oxygens (including phenoxy) is 4. The smallest absolute Gasteiger partial charge is 0.182 e. The summed E-state index contributed by atoms with van der Waals surface area (Å²) in [7, 11) is 0. The molecule has 4 heteroatoms. The van der Waals surface area contributed by atoms with E-state index in [-0.39, 0.29) is 23.4 Å². The zero-order valence-corrected chi connectivity index (χ0v) is 10.8. The summed E-state index contributed by atoms with van der Waals surface area (Å²) in [5, 5.41) is 0. The van der Waals surface area contributed by atoms with Gasteiger partial charge in [0.05, 0.1) is 10.8 Å². The van der Waals surface area contributed by atoms with E-state index in [4.69, 9.17) is 18.9 Å². The Labute approximate surface area is 96.2 Å². The monoisotopic (exact) mass is 228 g/mol. The van der Waals surface area contributed by atoms with Crippen LogP contribution in [0.4, 0.5) is 0 Å². The summed E-state index contributed by atoms with van der Waals surface area (Å²) in [4.78, 5) is 0. The second kappa shape index (κ2) is 2.48. The van der Waals surface area contributed by atoms with Gasteiger partial charge in [0.2, 0.25) is 0 Å². The Hall–Kier alpha value is -0.160. The van der Waals surface area contributed by atoms with Crippen molar-refractivity contribution in [1.29, 1.82) is 0 Å². The minimum atomic E-state index is -0.636. The van der Waals surface area contributed by atoms with Crippen molar-refractivity contribution in [2.24, 2.45) is 10.8 Å². The molecule has 4 heterocycles. The molecule has 0 N–H and O–H groups in total. The summed E-state index contributed by atoms with van der Waals surface area (Å²) < 4.78 is 23.9. The molecule has 0 radical (unpaired) electrons. The molecule has 4 bridgehead atoms. The van der Waals surface area contributed by atoms with E-state index in [0.717, 1.165) is 0 Å². The van der Waals surface area contributed by atoms with Crippen molar-refractivity contribution >= 4 is 0 Å². The van der Waals surface area contributed by atoms with Gasteiger partial charge >= 0.3 is 0 Å². The van der Waals surface area contributed by atoms with Crippen LogP contribution in [0.25, 0.3) is 0 Å². The quantitative estimate of drug-likeness (QED) is 0.637. The van der Waals surface area contributed by atoms with Gasteiger partial charge in [0.25, 0.3) is 0 Å². The minimum Gasteiger partial charge on any atom is -0.322 e. The lowest BCUT2D eigenvalue weighted by Crippen LogP contribution is -2.80. The molecule has 4 saturated heterocycles. The molecule has 0 aromatic carbocycles. The molecular formula is C12H20O4. The molecule has 4 aliphatic heterocycles. The van der Waals surface area contributed by atoms with E-state index >= 15 is 0 Å². The average Bonchev–Trinajstić information content (AvgIpc) is 2.07. The second-order valence-electron chi connectivity index (χ2n) is 6.47. The van der Waals surface area contributed by atoms with Gasteiger partial charge in [0.15, 0.2) is 24.2 Å². The minimum absolute atomic E-state index is 0.261. The first-order chi connectivity index (χ1) is 7.12. The lowest BCUT2D eigenvalue weighted by atomic mass is 9.72. The maximum absolute atomic E-state index is 6.10. The van der Waals surface area contributed by atoms with E-state index in [2.05, 4.69) is 0 Å². The first-order valence-electron chi connectivity index (χ1n) is 5.84. The highest BCUT2D eigenvalue weighted by Crippen LogP contribution is 2.63. The van der Waals surface area contributed by atoms with Crippen molar-refractivity contribution < 1.29 is 18.9 Å². The van der Waals surface area contributed by atoms with Gasteiger partial charge in [0.1, 0.15) is 0 Å². The molecule has 0 saturated carbocycles. The predicted octanol–water partition coefficient (Wildman–Crippen LogP) is 2.23. The highest BCUT2D eigenvalue weighted by molar-refractivity contribution is 5.06. The highest BCUT2D eigenvalue weighted by Gasteiger charge is 2.74. The molecule has 0 aromatic heterocycles. The fourth-order valence-electron chi connectivity index (χ4n) is 2.63. The third-order valence-corrected chi connectivity index (χ3v) is 4.82. The zero-order chi connectivity index (χ0) is 12.0. The molecular weight excluding hydrogens is 208 g/mol. The van der Waals surface area contributed by atoms with Crippen molar-refractivity contribution in [3.05, 3.63) is 0 Å². The normalized spacial score (nSPS) is 56.6. The van der Waals surface area contributed by atoms with Gasteiger partial charge < -0.3 is 18.9 Å². The second-order valence-corrected chi connectivity index (χ2v) is 6.47. The Morgan fingerprint density at radius 3 is 1.38 bits per heavy atom. The molecule has 16 heavy (non-hydrogen) atoms. The summed E-state index contributed by atoms with van der Waals surface area (Å²) in [6.07, 6.45) is -0.522. The molecule has 0 amide bonds. The Kier molecular flexibility index (Phi) is 1.70. The first kappa shape index (κ1) is 11.0. The van der Waals surface area contributed by atoms with E-state index < -0.39 is 11.6 Å². The van der Waals surface area contributed by atoms with Gasteiger partial charge in [-0.1, -0.05) is 0 Å². The molecule has 4 unspecified atom stereocenters. The molecule has 4 rings (SSSR count). The summed E-state index contributed by atoms with van der Waals surface area (Å²) in [6.45, 7) is 12.1. The Bertz CT molecular complexity index is 319. The summed E-state index contributed by atoms with van der Waals surface area (Å²) in [6, 6.07) is 0. The van der Waals surface area contributed by atoms with Crippen molar-refractivity contribution in [1.82, 2.24) is 0 Å². The third kappa shape index (κ3) is 0.919. The number of rotatable bonds is 0. The van der Waals surface area contributed by atoms with Gasteiger partial charge in [0, 0.05) is 0 Å². The van der Waals surface area contributed by atoms with Crippen molar-refractivity contribution in [2.75, 3.05) is 0 Å². The van der Waals surface area contributed by atoms with Gasteiger partial charge in [-0.3, -0.25) is 0 Å². The summed E-state index contributed by atoms with van der Waals surface area (Å²) in [5.41, 5.74) is -0.612. The van der Waals surface area contributed by atoms with Gasteiger partial charge in [-0.2, -0.15) is 0 Å². The van der Waals surface area contributed by atoms with Crippen LogP contribution in [-0.2, 0) is 18.9 Å². The van der Waals surface area contributed by atoms with E-state index in [0.29, 0.717) is 0 Å². The molecule has 4 atom stereocenters. The van der Waals surface area contributed by atoms with Crippen LogP contribution < -0.4 is 0 Å². The molecule has 0 aliphatic carbocycles. The molecule has 4 aliphatic rings. The predicted molar refractivity (Wildman–Crippen MR) is 56.3 cm³/mol. The van der Waals surface area contributed by atoms with Crippen LogP contribution >= 0.6 is 0 Å². The molecule has 0 aromatic rings. The van der Waals surface area contributed by atoms with Gasteiger partial charge in [-0.05, 0) is 41.5 Å². The summed E-state index contributed by atoms with van der Waals surface area (Å²) in [5.74, 6) is -1.27. The molecule has 4 fully saturated rings. The number of hydrogen-bond acceptors (Lipinski definition) is 4. The topological polar surface area (TPSA) is 36.9 Å². The largest absolute Gasteiger partial charge is 0.322 e. The molecule has 4 nitrogen and oxygen atoms in total. The van der Waals surface area contributed by atoms with Crippen molar-refractivity contribution in [3.63, 3.8) is 0 Å². The van der Waals surface area contributed by atoms with Crippen LogP contribution in [-0.4, -0.2) is 24.2 Å². The van der Waals surface area contributed by atoms with E-state index in [1.54, 1.807) is 0 Å². The van der Waals surface area contributed by atoms with Crippen LogP contribution in [0.5, 0.6) is 0 Å².